The van der Waals surface area contributed by atoms with Crippen molar-refractivity contribution < 1.29 is 9.18 Å². The first-order valence-electron chi connectivity index (χ1n) is 5.82. The fourth-order valence-electron chi connectivity index (χ4n) is 1.56. The van der Waals surface area contributed by atoms with Crippen LogP contribution in [-0.2, 0) is 0 Å². The third-order valence-electron chi connectivity index (χ3n) is 3.21. The van der Waals surface area contributed by atoms with E-state index >= 15 is 0 Å². The number of nitrogens with one attached hydrogen (secondary N) is 1. The van der Waals surface area contributed by atoms with E-state index in [9.17, 15) is 9.18 Å². The van der Waals surface area contributed by atoms with Crippen molar-refractivity contribution >= 4 is 6.03 Å². The number of nitrogens with zero attached hydrogens (tertiary/aromatic N) is 1. The number of carbonyl (C=O) groups excluding carboxylic acids is 1. The molecule has 1 rings (SSSR count). The Kier molecular flexibility index (Phi) is 4.13. The normalized spacial score (nSPS) is 26.7. The molecule has 1 aliphatic rings. The summed E-state index contributed by atoms with van der Waals surface area (Å²) >= 11 is 0. The minimum atomic E-state index is -1.11. The molecule has 0 bridgehead atoms. The lowest BCUT2D eigenvalue weighted by Gasteiger charge is -2.35. The first kappa shape index (κ1) is 13.2. The second kappa shape index (κ2) is 4.99. The van der Waals surface area contributed by atoms with Crippen molar-refractivity contribution in [1.82, 2.24) is 10.2 Å². The molecule has 2 unspecified atom stereocenters. The molecule has 2 atom stereocenters. The topological polar surface area (TPSA) is 58.4 Å². The Bertz CT molecular complexity index is 258. The van der Waals surface area contributed by atoms with Gasteiger partial charge in [0.15, 0.2) is 0 Å². The van der Waals surface area contributed by atoms with Gasteiger partial charge in [0.25, 0.3) is 0 Å². The molecule has 1 saturated heterocycles. The van der Waals surface area contributed by atoms with Crippen LogP contribution in [0, 0.1) is 0 Å². The zero-order chi connectivity index (χ0) is 12.3. The van der Waals surface area contributed by atoms with Crippen molar-refractivity contribution in [2.45, 2.75) is 51.4 Å². The number of carbonyl (C=O) groups is 1. The highest BCUT2D eigenvalue weighted by Gasteiger charge is 2.30. The maximum atomic E-state index is 13.4. The van der Waals surface area contributed by atoms with Gasteiger partial charge in [-0.3, -0.25) is 0 Å². The summed E-state index contributed by atoms with van der Waals surface area (Å²) in [7, 11) is 0. The lowest BCUT2D eigenvalue weighted by molar-refractivity contribution is 0.124. The summed E-state index contributed by atoms with van der Waals surface area (Å²) in [5.41, 5.74) is 5.31. The molecule has 0 aromatic carbocycles. The van der Waals surface area contributed by atoms with E-state index in [-0.39, 0.29) is 18.1 Å². The zero-order valence-corrected chi connectivity index (χ0v) is 10.3. The predicted molar refractivity (Wildman–Crippen MR) is 62.0 cm³/mol. The van der Waals surface area contributed by atoms with E-state index in [0.29, 0.717) is 13.0 Å². The van der Waals surface area contributed by atoms with Crippen LogP contribution in [0.25, 0.3) is 0 Å². The number of likely N-dealkylation sites (tertiary alicyclic amines) is 1. The number of hydrogen-bond acceptors (Lipinski definition) is 2. The molecular formula is C11H22FN3O. The van der Waals surface area contributed by atoms with E-state index in [0.717, 1.165) is 6.42 Å². The maximum Gasteiger partial charge on any atom is 0.317 e. The Hall–Kier alpha value is -0.840. The highest BCUT2D eigenvalue weighted by Crippen LogP contribution is 2.14. The van der Waals surface area contributed by atoms with Crippen LogP contribution in [0.2, 0.25) is 0 Å². The number of nitrogens with two attached hydrogens (primary N) is 1. The zero-order valence-electron chi connectivity index (χ0n) is 10.3. The fourth-order valence-corrected chi connectivity index (χ4v) is 1.56. The van der Waals surface area contributed by atoms with Crippen LogP contribution < -0.4 is 11.1 Å². The Labute approximate surface area is 96.4 Å². The Balaban J connectivity index is 2.49. The van der Waals surface area contributed by atoms with E-state index in [1.807, 2.05) is 20.8 Å². The standard InChI is InChI=1S/C11H22FN3O/c1-4-11(2,3)14-10(16)15-6-5-9(13)8(12)7-15/h8-9H,4-7,13H2,1-3H3,(H,14,16). The van der Waals surface area contributed by atoms with Crippen molar-refractivity contribution in [1.29, 1.82) is 0 Å². The molecule has 94 valence electrons. The summed E-state index contributed by atoms with van der Waals surface area (Å²) in [6, 6.07) is -0.621. The van der Waals surface area contributed by atoms with Crippen molar-refractivity contribution in [3.05, 3.63) is 0 Å². The first-order valence-corrected chi connectivity index (χ1v) is 5.82. The Morgan fingerprint density at radius 3 is 2.75 bits per heavy atom. The lowest BCUT2D eigenvalue weighted by Crippen LogP contribution is -2.56. The van der Waals surface area contributed by atoms with Crippen LogP contribution in [0.1, 0.15) is 33.6 Å². The third kappa shape index (κ3) is 3.33. The molecule has 0 radical (unpaired) electrons. The first-order chi connectivity index (χ1) is 7.35. The van der Waals surface area contributed by atoms with Gasteiger partial charge in [-0.25, -0.2) is 9.18 Å². The van der Waals surface area contributed by atoms with E-state index in [1.165, 1.54) is 4.90 Å². The van der Waals surface area contributed by atoms with Gasteiger partial charge in [-0.1, -0.05) is 6.92 Å². The van der Waals surface area contributed by atoms with Crippen LogP contribution in [-0.4, -0.2) is 41.8 Å². The van der Waals surface area contributed by atoms with Gasteiger partial charge in [0.1, 0.15) is 6.17 Å². The minimum Gasteiger partial charge on any atom is -0.333 e. The number of amides is 2. The Morgan fingerprint density at radius 1 is 1.62 bits per heavy atom. The molecular weight excluding hydrogens is 209 g/mol. The van der Waals surface area contributed by atoms with Gasteiger partial charge in [-0.15, -0.1) is 0 Å². The van der Waals surface area contributed by atoms with Crippen molar-refractivity contribution in [2.75, 3.05) is 13.1 Å². The SMILES string of the molecule is CCC(C)(C)NC(=O)N1CCC(N)C(F)C1. The molecule has 3 N–H and O–H groups in total. The molecule has 16 heavy (non-hydrogen) atoms. The Morgan fingerprint density at radius 2 is 2.25 bits per heavy atom. The van der Waals surface area contributed by atoms with E-state index in [4.69, 9.17) is 5.73 Å². The third-order valence-corrected chi connectivity index (χ3v) is 3.21. The van der Waals surface area contributed by atoms with Gasteiger partial charge in [0.05, 0.1) is 6.54 Å². The molecule has 4 nitrogen and oxygen atoms in total. The summed E-state index contributed by atoms with van der Waals surface area (Å²) < 4.78 is 13.4. The van der Waals surface area contributed by atoms with Crippen molar-refractivity contribution in [3.63, 3.8) is 0 Å². The van der Waals surface area contributed by atoms with Crippen molar-refractivity contribution in [2.24, 2.45) is 5.73 Å². The second-order valence-electron chi connectivity index (χ2n) is 5.08. The number of hydrogen-bond donors (Lipinski definition) is 2. The molecule has 0 saturated carbocycles. The van der Waals surface area contributed by atoms with Crippen molar-refractivity contribution in [3.8, 4) is 0 Å². The van der Waals surface area contributed by atoms with Crippen LogP contribution in [0.4, 0.5) is 9.18 Å². The van der Waals surface area contributed by atoms with Gasteiger partial charge in [0.2, 0.25) is 0 Å². The molecule has 0 aliphatic carbocycles. The monoisotopic (exact) mass is 231 g/mol. The largest absolute Gasteiger partial charge is 0.333 e. The maximum absolute atomic E-state index is 13.4. The fraction of sp³-hybridized carbons (Fsp3) is 0.909. The highest BCUT2D eigenvalue weighted by atomic mass is 19.1. The molecule has 2 amide bonds. The molecule has 5 heteroatoms. The van der Waals surface area contributed by atoms with E-state index in [1.54, 1.807) is 0 Å². The number of halogens is 1. The minimum absolute atomic E-state index is 0.104. The second-order valence-corrected chi connectivity index (χ2v) is 5.08. The summed E-state index contributed by atoms with van der Waals surface area (Å²) in [4.78, 5) is 13.3. The van der Waals surface area contributed by atoms with Gasteiger partial charge >= 0.3 is 6.03 Å². The average Bonchev–Trinajstić information content (AvgIpc) is 2.21. The number of rotatable bonds is 2. The highest BCUT2D eigenvalue weighted by molar-refractivity contribution is 5.75. The lowest BCUT2D eigenvalue weighted by atomic mass is 10.0. The van der Waals surface area contributed by atoms with Gasteiger partial charge < -0.3 is 16.0 Å². The van der Waals surface area contributed by atoms with Crippen LogP contribution in [0.15, 0.2) is 0 Å². The van der Waals surface area contributed by atoms with Gasteiger partial charge in [0, 0.05) is 18.1 Å². The van der Waals surface area contributed by atoms with E-state index < -0.39 is 12.2 Å². The average molecular weight is 231 g/mol. The predicted octanol–water partition coefficient (Wildman–Crippen LogP) is 1.26. The summed E-state index contributed by atoms with van der Waals surface area (Å²) in [5, 5.41) is 2.89. The van der Waals surface area contributed by atoms with Crippen LogP contribution >= 0.6 is 0 Å². The quantitative estimate of drug-likeness (QED) is 0.751. The van der Waals surface area contributed by atoms with E-state index in [2.05, 4.69) is 5.32 Å². The number of piperidine rings is 1. The molecule has 1 fully saturated rings. The smallest absolute Gasteiger partial charge is 0.317 e. The molecule has 1 heterocycles. The summed E-state index contributed by atoms with van der Waals surface area (Å²) in [6.07, 6.45) is 0.260. The van der Waals surface area contributed by atoms with Crippen LogP contribution in [0.3, 0.4) is 0 Å². The number of alkyl halides is 1. The molecule has 0 spiro atoms. The van der Waals surface area contributed by atoms with Gasteiger partial charge in [-0.2, -0.15) is 0 Å². The molecule has 0 aromatic heterocycles. The summed E-state index contributed by atoms with van der Waals surface area (Å²) in [6.45, 7) is 6.55. The molecule has 0 aromatic rings. The van der Waals surface area contributed by atoms with Gasteiger partial charge in [-0.05, 0) is 26.7 Å². The number of urea groups is 1. The molecule has 1 aliphatic heterocycles. The summed E-state index contributed by atoms with van der Waals surface area (Å²) in [5.74, 6) is 0. The van der Waals surface area contributed by atoms with Crippen LogP contribution in [0.5, 0.6) is 0 Å².